The maximum atomic E-state index is 11.7. The molecule has 1 N–H and O–H groups in total. The van der Waals surface area contributed by atoms with Crippen molar-refractivity contribution in [1.29, 1.82) is 0 Å². The van der Waals surface area contributed by atoms with Crippen LogP contribution >= 0.6 is 11.3 Å². The van der Waals surface area contributed by atoms with Crippen LogP contribution in [0.3, 0.4) is 0 Å². The van der Waals surface area contributed by atoms with Gasteiger partial charge in [0.1, 0.15) is 5.01 Å². The van der Waals surface area contributed by atoms with Gasteiger partial charge in [0.25, 0.3) is 0 Å². The number of rotatable bonds is 6. The van der Waals surface area contributed by atoms with Gasteiger partial charge in [-0.05, 0) is 12.8 Å². The van der Waals surface area contributed by atoms with Crippen molar-refractivity contribution in [3.8, 4) is 0 Å². The number of esters is 1. The van der Waals surface area contributed by atoms with Crippen LogP contribution in [0.2, 0.25) is 0 Å². The lowest BCUT2D eigenvalue weighted by Crippen LogP contribution is -2.11. The van der Waals surface area contributed by atoms with Gasteiger partial charge in [-0.25, -0.2) is 9.78 Å². The Balaban J connectivity index is 2.96. The molecule has 0 radical (unpaired) electrons. The molecular weight excluding hydrogens is 240 g/mol. The zero-order valence-electron chi connectivity index (χ0n) is 10.1. The van der Waals surface area contributed by atoms with E-state index in [1.54, 1.807) is 6.92 Å². The van der Waals surface area contributed by atoms with Gasteiger partial charge >= 0.3 is 5.97 Å². The molecule has 1 aromatic heterocycles. The number of thiazole rings is 1. The average molecular weight is 256 g/mol. The van der Waals surface area contributed by atoms with Crippen molar-refractivity contribution in [2.75, 3.05) is 6.61 Å². The summed E-state index contributed by atoms with van der Waals surface area (Å²) in [5.74, 6) is -0.193. The summed E-state index contributed by atoms with van der Waals surface area (Å²) in [4.78, 5) is 27.0. The predicted octanol–water partition coefficient (Wildman–Crippen LogP) is 1.69. The molecular formula is C11H16N2O3S. The largest absolute Gasteiger partial charge is 0.461 e. The summed E-state index contributed by atoms with van der Waals surface area (Å²) in [5.41, 5.74) is 0.370. The number of amides is 1. The Morgan fingerprint density at radius 1 is 1.59 bits per heavy atom. The minimum absolute atomic E-state index is 0.205. The standard InChI is InChI=1S/C11H16N2O3S/c1-4-16-11(15)9-10(7(2)3)17-8(13-9)5-12-6-14/h6-7H,4-5H2,1-3H3,(H,12,14). The van der Waals surface area contributed by atoms with Gasteiger partial charge in [-0.2, -0.15) is 0 Å². The number of aromatic nitrogens is 1. The third kappa shape index (κ3) is 3.52. The van der Waals surface area contributed by atoms with Crippen LogP contribution in [0.5, 0.6) is 0 Å². The van der Waals surface area contributed by atoms with Crippen LogP contribution in [0, 0.1) is 0 Å². The first-order valence-corrected chi connectivity index (χ1v) is 6.25. The normalized spacial score (nSPS) is 10.4. The van der Waals surface area contributed by atoms with Gasteiger partial charge in [0, 0.05) is 4.88 Å². The van der Waals surface area contributed by atoms with E-state index in [4.69, 9.17) is 4.74 Å². The smallest absolute Gasteiger partial charge is 0.358 e. The van der Waals surface area contributed by atoms with Gasteiger partial charge in [0.15, 0.2) is 5.69 Å². The topological polar surface area (TPSA) is 68.3 Å². The summed E-state index contributed by atoms with van der Waals surface area (Å²) in [5, 5.41) is 3.24. The van der Waals surface area contributed by atoms with Crippen molar-refractivity contribution < 1.29 is 14.3 Å². The van der Waals surface area contributed by atoms with Crippen LogP contribution in [0.25, 0.3) is 0 Å². The maximum absolute atomic E-state index is 11.7. The van der Waals surface area contributed by atoms with E-state index in [-0.39, 0.29) is 5.92 Å². The molecule has 0 saturated carbocycles. The maximum Gasteiger partial charge on any atom is 0.358 e. The molecule has 1 aromatic rings. The Labute approximate surface area is 104 Å². The average Bonchev–Trinajstić information content (AvgIpc) is 2.71. The highest BCUT2D eigenvalue weighted by Gasteiger charge is 2.20. The quantitative estimate of drug-likeness (QED) is 0.621. The summed E-state index contributed by atoms with van der Waals surface area (Å²) in [7, 11) is 0. The van der Waals surface area contributed by atoms with Crippen molar-refractivity contribution >= 4 is 23.7 Å². The van der Waals surface area contributed by atoms with Gasteiger partial charge in [-0.15, -0.1) is 11.3 Å². The Bertz CT molecular complexity index is 401. The van der Waals surface area contributed by atoms with E-state index in [1.165, 1.54) is 11.3 Å². The minimum Gasteiger partial charge on any atom is -0.461 e. The molecule has 0 aromatic carbocycles. The lowest BCUT2D eigenvalue weighted by Gasteiger charge is -2.03. The van der Waals surface area contributed by atoms with E-state index in [2.05, 4.69) is 10.3 Å². The molecule has 0 fully saturated rings. The molecule has 1 amide bonds. The number of nitrogens with zero attached hydrogens (tertiary/aromatic N) is 1. The fourth-order valence-electron chi connectivity index (χ4n) is 1.32. The number of nitrogens with one attached hydrogen (secondary N) is 1. The fourth-order valence-corrected chi connectivity index (χ4v) is 2.33. The predicted molar refractivity (Wildman–Crippen MR) is 65.1 cm³/mol. The highest BCUT2D eigenvalue weighted by Crippen LogP contribution is 2.27. The Hall–Kier alpha value is -1.43. The van der Waals surface area contributed by atoms with Crippen LogP contribution in [-0.2, 0) is 16.1 Å². The molecule has 0 saturated heterocycles. The van der Waals surface area contributed by atoms with Crippen LogP contribution in [0.1, 0.15) is 47.1 Å². The second-order valence-electron chi connectivity index (χ2n) is 3.69. The Kier molecular flexibility index (Phi) is 5.09. The zero-order chi connectivity index (χ0) is 12.8. The number of ether oxygens (including phenoxy) is 1. The summed E-state index contributed by atoms with van der Waals surface area (Å²) in [6.07, 6.45) is 0.612. The zero-order valence-corrected chi connectivity index (χ0v) is 11.0. The molecule has 94 valence electrons. The first-order chi connectivity index (χ1) is 8.10. The van der Waals surface area contributed by atoms with E-state index in [1.807, 2.05) is 13.8 Å². The van der Waals surface area contributed by atoms with Crippen molar-refractivity contribution in [3.63, 3.8) is 0 Å². The van der Waals surface area contributed by atoms with Crippen molar-refractivity contribution in [3.05, 3.63) is 15.6 Å². The molecule has 0 aliphatic carbocycles. The van der Waals surface area contributed by atoms with E-state index in [9.17, 15) is 9.59 Å². The molecule has 1 heterocycles. The number of carbonyl (C=O) groups excluding carboxylic acids is 2. The number of carbonyl (C=O) groups is 2. The van der Waals surface area contributed by atoms with Gasteiger partial charge < -0.3 is 10.1 Å². The Morgan fingerprint density at radius 3 is 2.82 bits per heavy atom. The molecule has 0 bridgehead atoms. The molecule has 0 spiro atoms. The SMILES string of the molecule is CCOC(=O)c1nc(CNC=O)sc1C(C)C. The van der Waals surface area contributed by atoms with Gasteiger partial charge in [0.05, 0.1) is 13.2 Å². The second-order valence-corrected chi connectivity index (χ2v) is 4.81. The molecule has 0 aliphatic heterocycles. The van der Waals surface area contributed by atoms with Crippen molar-refractivity contribution in [2.45, 2.75) is 33.2 Å². The lowest BCUT2D eigenvalue weighted by atomic mass is 10.1. The van der Waals surface area contributed by atoms with Crippen molar-refractivity contribution in [1.82, 2.24) is 10.3 Å². The van der Waals surface area contributed by atoms with Crippen LogP contribution < -0.4 is 5.32 Å². The first-order valence-electron chi connectivity index (χ1n) is 5.43. The lowest BCUT2D eigenvalue weighted by molar-refractivity contribution is -0.109. The Morgan fingerprint density at radius 2 is 2.29 bits per heavy atom. The third-order valence-corrected chi connectivity index (χ3v) is 3.38. The van der Waals surface area contributed by atoms with E-state index in [0.29, 0.717) is 30.3 Å². The molecule has 0 atom stereocenters. The summed E-state index contributed by atoms with van der Waals surface area (Å²) in [6.45, 7) is 6.41. The summed E-state index contributed by atoms with van der Waals surface area (Å²) in [6, 6.07) is 0. The minimum atomic E-state index is -0.398. The second kappa shape index (κ2) is 6.34. The van der Waals surface area contributed by atoms with E-state index in [0.717, 1.165) is 4.88 Å². The van der Waals surface area contributed by atoms with Crippen molar-refractivity contribution in [2.24, 2.45) is 0 Å². The fraction of sp³-hybridized carbons (Fsp3) is 0.545. The number of hydrogen-bond acceptors (Lipinski definition) is 5. The van der Waals surface area contributed by atoms with E-state index >= 15 is 0 Å². The molecule has 1 rings (SSSR count). The van der Waals surface area contributed by atoms with Gasteiger partial charge in [0.2, 0.25) is 6.41 Å². The molecule has 0 aliphatic rings. The molecule has 6 heteroatoms. The third-order valence-electron chi connectivity index (χ3n) is 2.03. The van der Waals surface area contributed by atoms with Crippen LogP contribution in [-0.4, -0.2) is 24.0 Å². The van der Waals surface area contributed by atoms with Gasteiger partial charge in [-0.3, -0.25) is 4.79 Å². The highest BCUT2D eigenvalue weighted by atomic mass is 32.1. The van der Waals surface area contributed by atoms with Gasteiger partial charge in [-0.1, -0.05) is 13.8 Å². The monoisotopic (exact) mass is 256 g/mol. The molecule has 0 unspecified atom stereocenters. The van der Waals surface area contributed by atoms with Crippen LogP contribution in [0.4, 0.5) is 0 Å². The molecule has 17 heavy (non-hydrogen) atoms. The molecule has 5 nitrogen and oxygen atoms in total. The summed E-state index contributed by atoms with van der Waals surface area (Å²) >= 11 is 1.43. The van der Waals surface area contributed by atoms with E-state index < -0.39 is 5.97 Å². The first kappa shape index (κ1) is 13.6. The highest BCUT2D eigenvalue weighted by molar-refractivity contribution is 7.12. The summed E-state index contributed by atoms with van der Waals surface area (Å²) < 4.78 is 4.95. The van der Waals surface area contributed by atoms with Crippen LogP contribution in [0.15, 0.2) is 0 Å². The number of hydrogen-bond donors (Lipinski definition) is 1.